The topological polar surface area (TPSA) is 63.2 Å². The third-order valence-electron chi connectivity index (χ3n) is 2.55. The van der Waals surface area contributed by atoms with Crippen molar-refractivity contribution in [1.82, 2.24) is 0 Å². The van der Waals surface area contributed by atoms with Crippen LogP contribution >= 0.6 is 11.6 Å². The number of carbonyl (C=O) groups is 1. The summed E-state index contributed by atoms with van der Waals surface area (Å²) in [6.45, 7) is 3.24. The summed E-state index contributed by atoms with van der Waals surface area (Å²) in [5, 5.41) is 9.93. The zero-order valence-electron chi connectivity index (χ0n) is 9.86. The van der Waals surface area contributed by atoms with E-state index in [1.165, 1.54) is 6.92 Å². The smallest absolute Gasteiger partial charge is 0.375 e. The van der Waals surface area contributed by atoms with Crippen molar-refractivity contribution >= 4 is 28.5 Å². The van der Waals surface area contributed by atoms with Gasteiger partial charge >= 0.3 is 5.97 Å². The molecule has 0 aliphatic carbocycles. The molecule has 18 heavy (non-hydrogen) atoms. The van der Waals surface area contributed by atoms with E-state index in [0.717, 1.165) is 5.39 Å². The molecule has 2 rings (SSSR count). The lowest BCUT2D eigenvalue weighted by atomic mass is 10.1. The molecule has 1 atom stereocenters. The molecule has 5 heteroatoms. The summed E-state index contributed by atoms with van der Waals surface area (Å²) in [6.07, 6.45) is -0.811. The number of nitrogens with zero attached hydrogens (tertiary/aromatic N) is 1. The van der Waals surface area contributed by atoms with Gasteiger partial charge in [0.1, 0.15) is 11.7 Å². The number of ether oxygens (including phenoxy) is 1. The minimum Gasteiger partial charge on any atom is -0.449 e. The van der Waals surface area contributed by atoms with E-state index in [4.69, 9.17) is 26.0 Å². The van der Waals surface area contributed by atoms with Gasteiger partial charge in [0.15, 0.2) is 6.10 Å². The Labute approximate surface area is 109 Å². The van der Waals surface area contributed by atoms with Gasteiger partial charge in [0.25, 0.3) is 0 Å². The number of benzene rings is 1. The van der Waals surface area contributed by atoms with Gasteiger partial charge < -0.3 is 9.15 Å². The van der Waals surface area contributed by atoms with Crippen molar-refractivity contribution in [1.29, 1.82) is 5.26 Å². The van der Waals surface area contributed by atoms with Crippen LogP contribution in [-0.2, 0) is 4.74 Å². The summed E-state index contributed by atoms with van der Waals surface area (Å²) in [7, 11) is 0. The molecule has 0 amide bonds. The molecule has 0 spiro atoms. The summed E-state index contributed by atoms with van der Waals surface area (Å²) in [4.78, 5) is 11.8. The van der Waals surface area contributed by atoms with Crippen molar-refractivity contribution in [3.8, 4) is 6.07 Å². The maximum absolute atomic E-state index is 11.8. The molecule has 0 aliphatic heterocycles. The Morgan fingerprint density at radius 3 is 2.94 bits per heavy atom. The van der Waals surface area contributed by atoms with E-state index in [-0.39, 0.29) is 5.76 Å². The van der Waals surface area contributed by atoms with Crippen LogP contribution in [0.1, 0.15) is 23.0 Å². The van der Waals surface area contributed by atoms with Crippen LogP contribution in [0.2, 0.25) is 5.02 Å². The quantitative estimate of drug-likeness (QED) is 0.779. The fourth-order valence-corrected chi connectivity index (χ4v) is 1.80. The van der Waals surface area contributed by atoms with Crippen molar-refractivity contribution < 1.29 is 13.9 Å². The number of nitriles is 1. The zero-order valence-corrected chi connectivity index (χ0v) is 10.6. The maximum Gasteiger partial charge on any atom is 0.375 e. The molecule has 0 fully saturated rings. The molecular weight excluding hydrogens is 254 g/mol. The first-order valence-corrected chi connectivity index (χ1v) is 5.70. The highest BCUT2D eigenvalue weighted by molar-refractivity contribution is 6.31. The van der Waals surface area contributed by atoms with Crippen LogP contribution in [0.25, 0.3) is 11.0 Å². The van der Waals surface area contributed by atoms with Gasteiger partial charge in [-0.25, -0.2) is 4.79 Å². The van der Waals surface area contributed by atoms with Crippen molar-refractivity contribution in [2.24, 2.45) is 0 Å². The van der Waals surface area contributed by atoms with E-state index in [0.29, 0.717) is 16.2 Å². The summed E-state index contributed by atoms with van der Waals surface area (Å²) >= 11 is 5.89. The van der Waals surface area contributed by atoms with Gasteiger partial charge in [0.2, 0.25) is 5.76 Å². The summed E-state index contributed by atoms with van der Waals surface area (Å²) in [5.74, 6) is -0.539. The molecule has 0 bridgehead atoms. The summed E-state index contributed by atoms with van der Waals surface area (Å²) in [6, 6.07) is 6.91. The second kappa shape index (κ2) is 4.71. The number of hydrogen-bond acceptors (Lipinski definition) is 4. The number of carbonyl (C=O) groups excluding carboxylic acids is 1. The van der Waals surface area contributed by atoms with Gasteiger partial charge in [-0.15, -0.1) is 0 Å². The Hall–Kier alpha value is -1.99. The van der Waals surface area contributed by atoms with Gasteiger partial charge in [-0.05, 0) is 32.0 Å². The standard InChI is InChI=1S/C13H10ClNO3/c1-7(6-15)17-13(16)12-8(2)10-5-9(14)3-4-11(10)18-12/h3-5,7H,1-2H3/t7-/m0/s1. The van der Waals surface area contributed by atoms with Crippen LogP contribution in [0.4, 0.5) is 0 Å². The second-order valence-electron chi connectivity index (χ2n) is 3.87. The molecule has 0 N–H and O–H groups in total. The molecule has 4 nitrogen and oxygen atoms in total. The predicted molar refractivity (Wildman–Crippen MR) is 66.5 cm³/mol. The predicted octanol–water partition coefficient (Wildman–Crippen LogP) is 3.46. The molecule has 92 valence electrons. The Bertz CT molecular complexity index is 654. The Morgan fingerprint density at radius 2 is 2.28 bits per heavy atom. The van der Waals surface area contributed by atoms with Gasteiger partial charge in [0, 0.05) is 16.0 Å². The van der Waals surface area contributed by atoms with E-state index < -0.39 is 12.1 Å². The van der Waals surface area contributed by atoms with Crippen molar-refractivity contribution in [2.45, 2.75) is 20.0 Å². The van der Waals surface area contributed by atoms with Gasteiger partial charge in [-0.1, -0.05) is 11.6 Å². The SMILES string of the molecule is Cc1c(C(=O)O[C@@H](C)C#N)oc2ccc(Cl)cc12. The third kappa shape index (κ3) is 2.18. The fourth-order valence-electron chi connectivity index (χ4n) is 1.63. The van der Waals surface area contributed by atoms with Crippen LogP contribution in [0.5, 0.6) is 0 Å². The molecule has 1 heterocycles. The zero-order chi connectivity index (χ0) is 13.3. The Kier molecular flexibility index (Phi) is 3.26. The monoisotopic (exact) mass is 263 g/mol. The minimum atomic E-state index is -0.811. The van der Waals surface area contributed by atoms with E-state index in [1.54, 1.807) is 25.1 Å². The lowest BCUT2D eigenvalue weighted by Crippen LogP contribution is -2.13. The van der Waals surface area contributed by atoms with Crippen LogP contribution in [0.15, 0.2) is 22.6 Å². The summed E-state index contributed by atoms with van der Waals surface area (Å²) in [5.41, 5.74) is 1.22. The number of fused-ring (bicyclic) bond motifs is 1. The van der Waals surface area contributed by atoms with E-state index in [2.05, 4.69) is 0 Å². The molecule has 0 unspecified atom stereocenters. The first-order valence-electron chi connectivity index (χ1n) is 5.32. The number of halogens is 1. The van der Waals surface area contributed by atoms with Gasteiger partial charge in [-0.2, -0.15) is 5.26 Å². The average Bonchev–Trinajstić information content (AvgIpc) is 2.66. The highest BCUT2D eigenvalue weighted by atomic mass is 35.5. The van der Waals surface area contributed by atoms with Crippen molar-refractivity contribution in [3.63, 3.8) is 0 Å². The Balaban J connectivity index is 2.43. The molecule has 0 saturated heterocycles. The molecular formula is C13H10ClNO3. The number of esters is 1. The second-order valence-corrected chi connectivity index (χ2v) is 4.31. The fraction of sp³-hybridized carbons (Fsp3) is 0.231. The van der Waals surface area contributed by atoms with Crippen LogP contribution < -0.4 is 0 Å². The number of rotatable bonds is 2. The minimum absolute atomic E-state index is 0.106. The lowest BCUT2D eigenvalue weighted by molar-refractivity contribution is 0.0400. The lowest BCUT2D eigenvalue weighted by Gasteiger charge is -2.03. The maximum atomic E-state index is 11.8. The molecule has 0 aliphatic rings. The van der Waals surface area contributed by atoms with Crippen LogP contribution in [0, 0.1) is 18.3 Å². The first-order chi connectivity index (χ1) is 8.52. The van der Waals surface area contributed by atoms with Crippen LogP contribution in [-0.4, -0.2) is 12.1 Å². The largest absolute Gasteiger partial charge is 0.449 e. The van der Waals surface area contributed by atoms with E-state index in [9.17, 15) is 4.79 Å². The molecule has 1 aromatic heterocycles. The number of aryl methyl sites for hydroxylation is 1. The third-order valence-corrected chi connectivity index (χ3v) is 2.78. The van der Waals surface area contributed by atoms with Crippen molar-refractivity contribution in [3.05, 3.63) is 34.5 Å². The average molecular weight is 264 g/mol. The van der Waals surface area contributed by atoms with E-state index in [1.807, 2.05) is 6.07 Å². The molecule has 1 aromatic carbocycles. The summed E-state index contributed by atoms with van der Waals surface area (Å²) < 4.78 is 10.3. The highest BCUT2D eigenvalue weighted by Crippen LogP contribution is 2.28. The molecule has 2 aromatic rings. The Morgan fingerprint density at radius 1 is 1.56 bits per heavy atom. The number of furan rings is 1. The van der Waals surface area contributed by atoms with E-state index >= 15 is 0 Å². The van der Waals surface area contributed by atoms with Crippen LogP contribution in [0.3, 0.4) is 0 Å². The van der Waals surface area contributed by atoms with Gasteiger partial charge in [0.05, 0.1) is 0 Å². The van der Waals surface area contributed by atoms with Crippen molar-refractivity contribution in [2.75, 3.05) is 0 Å². The van der Waals surface area contributed by atoms with Gasteiger partial charge in [-0.3, -0.25) is 0 Å². The normalized spacial score (nSPS) is 12.1. The first kappa shape index (κ1) is 12.5. The highest BCUT2D eigenvalue weighted by Gasteiger charge is 2.20. The number of hydrogen-bond donors (Lipinski definition) is 0. The molecule has 0 radical (unpaired) electrons. The molecule has 0 saturated carbocycles.